The molecule has 132 valence electrons. The number of carbonyl (C=O) groups is 1. The van der Waals surface area contributed by atoms with Gasteiger partial charge in [0, 0.05) is 18.1 Å². The molecule has 2 N–H and O–H groups in total. The molecule has 1 heterocycles. The molecule has 3 rings (SSSR count). The summed E-state index contributed by atoms with van der Waals surface area (Å²) in [5.41, 5.74) is 3.79. The van der Waals surface area contributed by atoms with Gasteiger partial charge in [-0.25, -0.2) is 9.97 Å². The summed E-state index contributed by atoms with van der Waals surface area (Å²) < 4.78 is 0. The number of hydrogen-bond donors (Lipinski definition) is 2. The second-order valence-corrected chi connectivity index (χ2v) is 6.60. The molecule has 0 aliphatic carbocycles. The Morgan fingerprint density at radius 3 is 2.31 bits per heavy atom. The molecule has 0 radical (unpaired) electrons. The summed E-state index contributed by atoms with van der Waals surface area (Å²) in [7, 11) is 0. The van der Waals surface area contributed by atoms with Crippen LogP contribution < -0.4 is 10.6 Å². The Morgan fingerprint density at radius 2 is 1.65 bits per heavy atom. The van der Waals surface area contributed by atoms with Gasteiger partial charge >= 0.3 is 0 Å². The highest BCUT2D eigenvalue weighted by atomic mass is 35.5. The topological polar surface area (TPSA) is 66.9 Å². The van der Waals surface area contributed by atoms with Crippen molar-refractivity contribution in [1.82, 2.24) is 9.97 Å². The SMILES string of the molecule is Cc1ccc(C)c(Nc2ncc(C(=O)Nc3c(Cl)cccc3Cl)cn2)c1. The molecular formula is C19H16Cl2N4O. The molecule has 0 atom stereocenters. The Balaban J connectivity index is 1.75. The lowest BCUT2D eigenvalue weighted by atomic mass is 10.1. The average Bonchev–Trinajstić information content (AvgIpc) is 2.62. The third-order valence-electron chi connectivity index (χ3n) is 3.75. The van der Waals surface area contributed by atoms with E-state index in [1.165, 1.54) is 12.4 Å². The van der Waals surface area contributed by atoms with E-state index in [1.54, 1.807) is 18.2 Å². The van der Waals surface area contributed by atoms with Gasteiger partial charge in [0.25, 0.3) is 5.91 Å². The first-order chi connectivity index (χ1) is 12.4. The predicted molar refractivity (Wildman–Crippen MR) is 106 cm³/mol. The van der Waals surface area contributed by atoms with Crippen LogP contribution in [0.15, 0.2) is 48.8 Å². The van der Waals surface area contributed by atoms with E-state index in [9.17, 15) is 4.79 Å². The standard InChI is InChI=1S/C19H16Cl2N4O/c1-11-6-7-12(2)16(8-11)24-19-22-9-13(10-23-19)18(26)25-17-14(20)4-3-5-15(17)21/h3-10H,1-2H3,(H,25,26)(H,22,23,24). The average molecular weight is 387 g/mol. The highest BCUT2D eigenvalue weighted by molar-refractivity contribution is 6.40. The molecule has 0 spiro atoms. The number of aromatic nitrogens is 2. The van der Waals surface area contributed by atoms with Crippen molar-refractivity contribution in [1.29, 1.82) is 0 Å². The lowest BCUT2D eigenvalue weighted by Gasteiger charge is -2.10. The molecule has 3 aromatic rings. The third-order valence-corrected chi connectivity index (χ3v) is 4.38. The van der Waals surface area contributed by atoms with Crippen LogP contribution in [-0.4, -0.2) is 15.9 Å². The van der Waals surface area contributed by atoms with Gasteiger partial charge < -0.3 is 10.6 Å². The number of aryl methyl sites for hydroxylation is 2. The fourth-order valence-electron chi connectivity index (χ4n) is 2.30. The number of hydrogen-bond acceptors (Lipinski definition) is 4. The number of anilines is 3. The molecule has 7 heteroatoms. The molecule has 1 aromatic heterocycles. The lowest BCUT2D eigenvalue weighted by Crippen LogP contribution is -2.13. The second-order valence-electron chi connectivity index (χ2n) is 5.79. The van der Waals surface area contributed by atoms with Gasteiger partial charge in [-0.2, -0.15) is 0 Å². The van der Waals surface area contributed by atoms with Gasteiger partial charge in [-0.3, -0.25) is 4.79 Å². The summed E-state index contributed by atoms with van der Waals surface area (Å²) in [5.74, 6) is 0.0179. The molecule has 0 fully saturated rings. The Labute approximate surface area is 161 Å². The van der Waals surface area contributed by atoms with Crippen LogP contribution in [0.25, 0.3) is 0 Å². The fraction of sp³-hybridized carbons (Fsp3) is 0.105. The molecule has 0 bridgehead atoms. The molecule has 0 saturated heterocycles. The summed E-state index contributed by atoms with van der Waals surface area (Å²) >= 11 is 12.1. The Morgan fingerprint density at radius 1 is 1.00 bits per heavy atom. The molecule has 1 amide bonds. The van der Waals surface area contributed by atoms with Crippen LogP contribution in [0.3, 0.4) is 0 Å². The summed E-state index contributed by atoms with van der Waals surface area (Å²) in [6.45, 7) is 4.01. The van der Waals surface area contributed by atoms with E-state index in [-0.39, 0.29) is 0 Å². The second kappa shape index (κ2) is 7.72. The number of nitrogens with zero attached hydrogens (tertiary/aromatic N) is 2. The number of nitrogens with one attached hydrogen (secondary N) is 2. The zero-order valence-electron chi connectivity index (χ0n) is 14.2. The third kappa shape index (κ3) is 4.12. The van der Waals surface area contributed by atoms with E-state index in [0.29, 0.717) is 27.2 Å². The lowest BCUT2D eigenvalue weighted by molar-refractivity contribution is 0.102. The van der Waals surface area contributed by atoms with E-state index < -0.39 is 5.91 Å². The van der Waals surface area contributed by atoms with Gasteiger partial charge in [-0.1, -0.05) is 41.4 Å². The van der Waals surface area contributed by atoms with Crippen molar-refractivity contribution >= 4 is 46.4 Å². The van der Waals surface area contributed by atoms with Gasteiger partial charge in [0.2, 0.25) is 5.95 Å². The molecule has 2 aromatic carbocycles. The number of carbonyl (C=O) groups excluding carboxylic acids is 1. The zero-order chi connectivity index (χ0) is 18.7. The maximum Gasteiger partial charge on any atom is 0.258 e. The summed E-state index contributed by atoms with van der Waals surface area (Å²) in [4.78, 5) is 20.8. The summed E-state index contributed by atoms with van der Waals surface area (Å²) in [6, 6.07) is 11.1. The van der Waals surface area contributed by atoms with E-state index in [4.69, 9.17) is 23.2 Å². The summed E-state index contributed by atoms with van der Waals surface area (Å²) in [6.07, 6.45) is 2.89. The molecule has 0 unspecified atom stereocenters. The van der Waals surface area contributed by atoms with Crippen molar-refractivity contribution in [2.24, 2.45) is 0 Å². The highest BCUT2D eigenvalue weighted by Gasteiger charge is 2.12. The fourth-order valence-corrected chi connectivity index (χ4v) is 2.80. The maximum atomic E-state index is 12.4. The van der Waals surface area contributed by atoms with Crippen molar-refractivity contribution in [2.75, 3.05) is 10.6 Å². The number of amides is 1. The van der Waals surface area contributed by atoms with E-state index in [1.807, 2.05) is 32.0 Å². The van der Waals surface area contributed by atoms with Crippen molar-refractivity contribution in [2.45, 2.75) is 13.8 Å². The van der Waals surface area contributed by atoms with Gasteiger partial charge in [0.15, 0.2) is 0 Å². The Hall–Kier alpha value is -2.63. The van der Waals surface area contributed by atoms with Crippen LogP contribution in [0.1, 0.15) is 21.5 Å². The Kier molecular flexibility index (Phi) is 5.40. The first-order valence-electron chi connectivity index (χ1n) is 7.86. The molecule has 5 nitrogen and oxygen atoms in total. The van der Waals surface area contributed by atoms with Gasteiger partial charge in [0.1, 0.15) is 0 Å². The van der Waals surface area contributed by atoms with Gasteiger partial charge in [0.05, 0.1) is 21.3 Å². The van der Waals surface area contributed by atoms with Crippen molar-refractivity contribution in [3.05, 3.63) is 75.5 Å². The van der Waals surface area contributed by atoms with E-state index in [0.717, 1.165) is 16.8 Å². The van der Waals surface area contributed by atoms with E-state index in [2.05, 4.69) is 20.6 Å². The minimum absolute atomic E-state index is 0.299. The van der Waals surface area contributed by atoms with Crippen LogP contribution in [-0.2, 0) is 0 Å². The molecule has 26 heavy (non-hydrogen) atoms. The monoisotopic (exact) mass is 386 g/mol. The maximum absolute atomic E-state index is 12.4. The predicted octanol–water partition coefficient (Wildman–Crippen LogP) is 5.40. The number of para-hydroxylation sites is 1. The van der Waals surface area contributed by atoms with Gasteiger partial charge in [-0.15, -0.1) is 0 Å². The Bertz CT molecular complexity index is 938. The minimum atomic E-state index is -0.390. The van der Waals surface area contributed by atoms with Crippen molar-refractivity contribution in [3.63, 3.8) is 0 Å². The van der Waals surface area contributed by atoms with Crippen LogP contribution in [0, 0.1) is 13.8 Å². The normalized spacial score (nSPS) is 10.5. The molecule has 0 saturated carbocycles. The highest BCUT2D eigenvalue weighted by Crippen LogP contribution is 2.30. The first-order valence-corrected chi connectivity index (χ1v) is 8.61. The molecule has 0 aliphatic heterocycles. The minimum Gasteiger partial charge on any atom is -0.324 e. The quantitative estimate of drug-likeness (QED) is 0.629. The van der Waals surface area contributed by atoms with E-state index >= 15 is 0 Å². The number of halogens is 2. The van der Waals surface area contributed by atoms with Crippen LogP contribution in [0.4, 0.5) is 17.3 Å². The van der Waals surface area contributed by atoms with Crippen molar-refractivity contribution < 1.29 is 4.79 Å². The smallest absolute Gasteiger partial charge is 0.258 e. The number of rotatable bonds is 4. The first kappa shape index (κ1) is 18.2. The molecular weight excluding hydrogens is 371 g/mol. The van der Waals surface area contributed by atoms with Crippen molar-refractivity contribution in [3.8, 4) is 0 Å². The van der Waals surface area contributed by atoms with Crippen LogP contribution >= 0.6 is 23.2 Å². The number of benzene rings is 2. The largest absolute Gasteiger partial charge is 0.324 e. The summed E-state index contributed by atoms with van der Waals surface area (Å²) in [5, 5.41) is 6.55. The van der Waals surface area contributed by atoms with Crippen LogP contribution in [0.5, 0.6) is 0 Å². The van der Waals surface area contributed by atoms with Gasteiger partial charge in [-0.05, 0) is 43.2 Å². The zero-order valence-corrected chi connectivity index (χ0v) is 15.7. The molecule has 0 aliphatic rings. The van der Waals surface area contributed by atoms with Crippen LogP contribution in [0.2, 0.25) is 10.0 Å².